The molecular formula is C21H22ClN3O2S. The standard InChI is InChI=1S/C21H22ClN3O2S/c1-15-7-8-18(13-16(15)2)28(26,27)25-11-9-24(10-12-25)20-14-17-5-3-4-6-19(17)21(22)23-20/h3-8,13-14H,9-12H2,1-2H3. The van der Waals surface area contributed by atoms with Crippen molar-refractivity contribution in [2.45, 2.75) is 18.7 Å². The minimum atomic E-state index is -3.49. The van der Waals surface area contributed by atoms with Crippen molar-refractivity contribution in [1.82, 2.24) is 9.29 Å². The van der Waals surface area contributed by atoms with Gasteiger partial charge in [0.1, 0.15) is 11.0 Å². The van der Waals surface area contributed by atoms with Crippen LogP contribution in [0.1, 0.15) is 11.1 Å². The number of nitrogens with zero attached hydrogens (tertiary/aromatic N) is 3. The maximum absolute atomic E-state index is 13.0. The highest BCUT2D eigenvalue weighted by atomic mass is 35.5. The topological polar surface area (TPSA) is 53.5 Å². The lowest BCUT2D eigenvalue weighted by Gasteiger charge is -2.35. The molecule has 0 saturated carbocycles. The minimum absolute atomic E-state index is 0.357. The first-order valence-corrected chi connectivity index (χ1v) is 11.1. The Hall–Kier alpha value is -2.15. The summed E-state index contributed by atoms with van der Waals surface area (Å²) in [4.78, 5) is 6.96. The summed E-state index contributed by atoms with van der Waals surface area (Å²) in [6.07, 6.45) is 0. The number of sulfonamides is 1. The molecule has 1 aliphatic rings. The predicted octanol–water partition coefficient (Wildman–Crippen LogP) is 4.02. The Morgan fingerprint density at radius 3 is 2.36 bits per heavy atom. The third-order valence-corrected chi connectivity index (χ3v) is 7.54. The Balaban J connectivity index is 1.54. The van der Waals surface area contributed by atoms with Crippen molar-refractivity contribution >= 4 is 38.2 Å². The number of halogens is 1. The molecule has 0 radical (unpaired) electrons. The fraction of sp³-hybridized carbons (Fsp3) is 0.286. The molecule has 2 heterocycles. The first-order valence-electron chi connectivity index (χ1n) is 9.24. The van der Waals surface area contributed by atoms with Gasteiger partial charge in [0.25, 0.3) is 0 Å². The molecule has 7 heteroatoms. The van der Waals surface area contributed by atoms with Crippen LogP contribution < -0.4 is 4.90 Å². The van der Waals surface area contributed by atoms with Gasteiger partial charge >= 0.3 is 0 Å². The number of aryl methyl sites for hydroxylation is 2. The Morgan fingerprint density at radius 1 is 0.929 bits per heavy atom. The molecule has 1 aromatic heterocycles. The van der Waals surface area contributed by atoms with E-state index >= 15 is 0 Å². The summed E-state index contributed by atoms with van der Waals surface area (Å²) in [6.45, 7) is 5.90. The lowest BCUT2D eigenvalue weighted by molar-refractivity contribution is 0.384. The molecule has 0 unspecified atom stereocenters. The fourth-order valence-electron chi connectivity index (χ4n) is 3.49. The monoisotopic (exact) mass is 415 g/mol. The highest BCUT2D eigenvalue weighted by Gasteiger charge is 2.29. The Bertz CT molecular complexity index is 1140. The van der Waals surface area contributed by atoms with E-state index in [2.05, 4.69) is 9.88 Å². The highest BCUT2D eigenvalue weighted by Crippen LogP contribution is 2.28. The van der Waals surface area contributed by atoms with Crippen LogP contribution in [0.2, 0.25) is 5.15 Å². The van der Waals surface area contributed by atoms with E-state index in [1.54, 1.807) is 16.4 Å². The SMILES string of the molecule is Cc1ccc(S(=O)(=O)N2CCN(c3cc4ccccc4c(Cl)n3)CC2)cc1C. The fourth-order valence-corrected chi connectivity index (χ4v) is 5.25. The number of hydrogen-bond donors (Lipinski definition) is 0. The van der Waals surface area contributed by atoms with Gasteiger partial charge in [-0.25, -0.2) is 13.4 Å². The lowest BCUT2D eigenvalue weighted by Crippen LogP contribution is -2.48. The molecule has 0 spiro atoms. The van der Waals surface area contributed by atoms with Gasteiger partial charge < -0.3 is 4.90 Å². The zero-order valence-corrected chi connectivity index (χ0v) is 17.5. The zero-order valence-electron chi connectivity index (χ0n) is 15.9. The van der Waals surface area contributed by atoms with Gasteiger partial charge in [-0.2, -0.15) is 4.31 Å². The summed E-state index contributed by atoms with van der Waals surface area (Å²) in [5.74, 6) is 0.784. The number of aromatic nitrogens is 1. The molecule has 0 bridgehead atoms. The molecular weight excluding hydrogens is 394 g/mol. The highest BCUT2D eigenvalue weighted by molar-refractivity contribution is 7.89. The maximum Gasteiger partial charge on any atom is 0.243 e. The van der Waals surface area contributed by atoms with Crippen LogP contribution in [-0.4, -0.2) is 43.9 Å². The molecule has 0 N–H and O–H groups in total. The maximum atomic E-state index is 13.0. The quantitative estimate of drug-likeness (QED) is 0.606. The second-order valence-corrected chi connectivity index (χ2v) is 9.43. The van der Waals surface area contributed by atoms with Crippen molar-refractivity contribution in [2.75, 3.05) is 31.1 Å². The number of anilines is 1. The molecule has 2 aromatic carbocycles. The molecule has 0 atom stereocenters. The summed E-state index contributed by atoms with van der Waals surface area (Å²) < 4.78 is 27.5. The van der Waals surface area contributed by atoms with Gasteiger partial charge in [0.2, 0.25) is 10.0 Å². The van der Waals surface area contributed by atoms with Crippen LogP contribution in [-0.2, 0) is 10.0 Å². The van der Waals surface area contributed by atoms with Gasteiger partial charge in [-0.1, -0.05) is 41.9 Å². The summed E-state index contributed by atoms with van der Waals surface area (Å²) >= 11 is 6.35. The molecule has 1 saturated heterocycles. The molecule has 0 amide bonds. The second kappa shape index (κ2) is 7.35. The van der Waals surface area contributed by atoms with Crippen LogP contribution in [0.15, 0.2) is 53.4 Å². The smallest absolute Gasteiger partial charge is 0.243 e. The molecule has 5 nitrogen and oxygen atoms in total. The van der Waals surface area contributed by atoms with Gasteiger partial charge in [-0.05, 0) is 48.6 Å². The number of benzene rings is 2. The van der Waals surface area contributed by atoms with Crippen molar-refractivity contribution in [3.05, 3.63) is 64.8 Å². The van der Waals surface area contributed by atoms with Gasteiger partial charge in [0, 0.05) is 31.6 Å². The van der Waals surface area contributed by atoms with E-state index in [4.69, 9.17) is 11.6 Å². The lowest BCUT2D eigenvalue weighted by atomic mass is 10.1. The van der Waals surface area contributed by atoms with Crippen LogP contribution in [0.5, 0.6) is 0 Å². The third-order valence-electron chi connectivity index (χ3n) is 5.36. The van der Waals surface area contributed by atoms with E-state index in [1.807, 2.05) is 50.2 Å². The molecule has 1 aliphatic heterocycles. The van der Waals surface area contributed by atoms with E-state index in [1.165, 1.54) is 0 Å². The average molecular weight is 416 g/mol. The van der Waals surface area contributed by atoms with Gasteiger partial charge in [0.05, 0.1) is 4.90 Å². The number of fused-ring (bicyclic) bond motifs is 1. The van der Waals surface area contributed by atoms with Crippen molar-refractivity contribution < 1.29 is 8.42 Å². The number of hydrogen-bond acceptors (Lipinski definition) is 4. The van der Waals surface area contributed by atoms with Crippen molar-refractivity contribution in [3.8, 4) is 0 Å². The van der Waals surface area contributed by atoms with E-state index in [-0.39, 0.29) is 0 Å². The number of rotatable bonds is 3. The van der Waals surface area contributed by atoms with E-state index < -0.39 is 10.0 Å². The molecule has 28 heavy (non-hydrogen) atoms. The summed E-state index contributed by atoms with van der Waals surface area (Å²) in [6, 6.07) is 15.2. The third kappa shape index (κ3) is 3.48. The van der Waals surface area contributed by atoms with Crippen molar-refractivity contribution in [1.29, 1.82) is 0 Å². The van der Waals surface area contributed by atoms with Crippen LogP contribution in [0, 0.1) is 13.8 Å². The molecule has 146 valence electrons. The van der Waals surface area contributed by atoms with Crippen LogP contribution >= 0.6 is 11.6 Å². The largest absolute Gasteiger partial charge is 0.354 e. The van der Waals surface area contributed by atoms with Crippen molar-refractivity contribution in [3.63, 3.8) is 0 Å². The van der Waals surface area contributed by atoms with E-state index in [0.29, 0.717) is 36.2 Å². The first kappa shape index (κ1) is 19.2. The van der Waals surface area contributed by atoms with Crippen LogP contribution in [0.3, 0.4) is 0 Å². The molecule has 0 aliphatic carbocycles. The summed E-state index contributed by atoms with van der Waals surface area (Å²) in [5.41, 5.74) is 2.07. The normalized spacial score (nSPS) is 15.9. The van der Waals surface area contributed by atoms with Crippen LogP contribution in [0.4, 0.5) is 5.82 Å². The summed E-state index contributed by atoms with van der Waals surface area (Å²) in [5, 5.41) is 2.42. The van der Waals surface area contributed by atoms with Gasteiger partial charge in [0.15, 0.2) is 0 Å². The first-order chi connectivity index (χ1) is 13.4. The average Bonchev–Trinajstić information content (AvgIpc) is 2.70. The van der Waals surface area contributed by atoms with E-state index in [0.717, 1.165) is 27.7 Å². The molecule has 1 fully saturated rings. The van der Waals surface area contributed by atoms with Crippen molar-refractivity contribution in [2.24, 2.45) is 0 Å². The Labute approximate surface area is 170 Å². The second-order valence-electron chi connectivity index (χ2n) is 7.13. The van der Waals surface area contributed by atoms with Gasteiger partial charge in [-0.3, -0.25) is 0 Å². The Morgan fingerprint density at radius 2 is 1.64 bits per heavy atom. The summed E-state index contributed by atoms with van der Waals surface area (Å²) in [7, 11) is -3.49. The Kier molecular flexibility index (Phi) is 5.04. The minimum Gasteiger partial charge on any atom is -0.354 e. The number of pyridine rings is 1. The van der Waals surface area contributed by atoms with E-state index in [9.17, 15) is 8.42 Å². The molecule has 4 rings (SSSR count). The number of piperazine rings is 1. The van der Waals surface area contributed by atoms with Crippen LogP contribution in [0.25, 0.3) is 10.8 Å². The predicted molar refractivity (Wildman–Crippen MR) is 114 cm³/mol. The molecule has 3 aromatic rings. The zero-order chi connectivity index (χ0) is 19.9. The van der Waals surface area contributed by atoms with Gasteiger partial charge in [-0.15, -0.1) is 0 Å².